The summed E-state index contributed by atoms with van der Waals surface area (Å²) in [7, 11) is 3.06. The molecule has 1 saturated heterocycles. The van der Waals surface area contributed by atoms with E-state index in [9.17, 15) is 4.79 Å². The van der Waals surface area contributed by atoms with Crippen LogP contribution in [0.4, 0.5) is 5.69 Å². The molecule has 6 nitrogen and oxygen atoms in total. The molecule has 1 aliphatic heterocycles. The Labute approximate surface area is 141 Å². The standard InChI is InChI=1S/C16H23ClN2O4/c1-10-7-19(8-11(2)23-10)9-16(20)18-13-6-14(21-3)12(17)5-15(13)22-4/h5-6,10-11H,7-9H2,1-4H3,(H,18,20)/p+1/t10-,11+. The third-order valence-corrected chi connectivity index (χ3v) is 4.07. The number of nitrogens with one attached hydrogen (secondary N) is 2. The highest BCUT2D eigenvalue weighted by molar-refractivity contribution is 6.32. The summed E-state index contributed by atoms with van der Waals surface area (Å²) in [5.41, 5.74) is 0.549. The zero-order valence-electron chi connectivity index (χ0n) is 13.9. The summed E-state index contributed by atoms with van der Waals surface area (Å²) >= 11 is 6.07. The second-order valence-corrected chi connectivity index (χ2v) is 6.23. The third-order valence-electron chi connectivity index (χ3n) is 3.78. The van der Waals surface area contributed by atoms with Crippen LogP contribution in [0.2, 0.25) is 5.02 Å². The Hall–Kier alpha value is -1.50. The van der Waals surface area contributed by atoms with Crippen molar-refractivity contribution >= 4 is 23.2 Å². The molecular formula is C16H24ClN2O4+. The number of amides is 1. The molecule has 128 valence electrons. The predicted molar refractivity (Wildman–Crippen MR) is 88.8 cm³/mol. The van der Waals surface area contributed by atoms with Gasteiger partial charge in [0.05, 0.1) is 24.9 Å². The van der Waals surface area contributed by atoms with Gasteiger partial charge < -0.3 is 24.4 Å². The molecule has 1 aliphatic rings. The van der Waals surface area contributed by atoms with E-state index in [2.05, 4.69) is 5.32 Å². The lowest BCUT2D eigenvalue weighted by Gasteiger charge is -2.31. The van der Waals surface area contributed by atoms with Crippen molar-refractivity contribution in [2.75, 3.05) is 39.2 Å². The van der Waals surface area contributed by atoms with Crippen molar-refractivity contribution in [3.63, 3.8) is 0 Å². The number of methoxy groups -OCH3 is 2. The lowest BCUT2D eigenvalue weighted by molar-refractivity contribution is -0.907. The van der Waals surface area contributed by atoms with Gasteiger partial charge in [0.2, 0.25) is 0 Å². The summed E-state index contributed by atoms with van der Waals surface area (Å²) in [4.78, 5) is 13.5. The van der Waals surface area contributed by atoms with E-state index in [1.54, 1.807) is 12.1 Å². The number of carbonyl (C=O) groups is 1. The van der Waals surface area contributed by atoms with Crippen molar-refractivity contribution < 1.29 is 23.9 Å². The summed E-state index contributed by atoms with van der Waals surface area (Å²) in [6.45, 7) is 6.07. The van der Waals surface area contributed by atoms with Crippen LogP contribution in [0, 0.1) is 0 Å². The minimum absolute atomic E-state index is 0.0797. The van der Waals surface area contributed by atoms with Gasteiger partial charge in [0.15, 0.2) is 6.54 Å². The van der Waals surface area contributed by atoms with Gasteiger partial charge in [-0.2, -0.15) is 0 Å². The molecule has 0 bridgehead atoms. The summed E-state index contributed by atoms with van der Waals surface area (Å²) in [6.07, 6.45) is 0.318. The first-order chi connectivity index (χ1) is 10.9. The van der Waals surface area contributed by atoms with Crippen LogP contribution in [0.15, 0.2) is 12.1 Å². The summed E-state index contributed by atoms with van der Waals surface area (Å²) < 4.78 is 16.1. The fourth-order valence-corrected chi connectivity index (χ4v) is 3.14. The van der Waals surface area contributed by atoms with E-state index < -0.39 is 0 Å². The number of rotatable bonds is 5. The fraction of sp³-hybridized carbons (Fsp3) is 0.562. The van der Waals surface area contributed by atoms with Gasteiger partial charge >= 0.3 is 0 Å². The number of hydrogen-bond donors (Lipinski definition) is 2. The molecule has 0 spiro atoms. The molecule has 1 amide bonds. The van der Waals surface area contributed by atoms with Crippen molar-refractivity contribution in [3.8, 4) is 11.5 Å². The lowest BCUT2D eigenvalue weighted by atomic mass is 10.2. The van der Waals surface area contributed by atoms with Crippen LogP contribution in [0.1, 0.15) is 13.8 Å². The number of ether oxygens (including phenoxy) is 3. The smallest absolute Gasteiger partial charge is 0.279 e. The van der Waals surface area contributed by atoms with Crippen molar-refractivity contribution in [3.05, 3.63) is 17.2 Å². The van der Waals surface area contributed by atoms with Gasteiger partial charge in [-0.3, -0.25) is 4.79 Å². The second kappa shape index (κ2) is 7.86. The maximum absolute atomic E-state index is 12.3. The number of morpholine rings is 1. The van der Waals surface area contributed by atoms with E-state index in [0.29, 0.717) is 28.8 Å². The minimum atomic E-state index is -0.0797. The van der Waals surface area contributed by atoms with Crippen LogP contribution < -0.4 is 19.7 Å². The average molecular weight is 344 g/mol. The summed E-state index contributed by atoms with van der Waals surface area (Å²) in [5, 5.41) is 3.31. The normalized spacial score (nSPS) is 24.1. The maximum Gasteiger partial charge on any atom is 0.279 e. The van der Waals surface area contributed by atoms with E-state index in [1.807, 2.05) is 13.8 Å². The quantitative estimate of drug-likeness (QED) is 0.837. The first kappa shape index (κ1) is 17.8. The third kappa shape index (κ3) is 4.73. The van der Waals surface area contributed by atoms with Gasteiger partial charge in [-0.15, -0.1) is 0 Å². The highest BCUT2D eigenvalue weighted by Gasteiger charge is 2.27. The highest BCUT2D eigenvalue weighted by Crippen LogP contribution is 2.35. The average Bonchev–Trinajstić information content (AvgIpc) is 2.47. The topological polar surface area (TPSA) is 61.2 Å². The van der Waals surface area contributed by atoms with Crippen molar-refractivity contribution in [2.24, 2.45) is 0 Å². The van der Waals surface area contributed by atoms with Crippen LogP contribution in [0.3, 0.4) is 0 Å². The van der Waals surface area contributed by atoms with Crippen LogP contribution in [0.5, 0.6) is 11.5 Å². The molecule has 1 aromatic rings. The van der Waals surface area contributed by atoms with Crippen molar-refractivity contribution in [1.29, 1.82) is 0 Å². The fourth-order valence-electron chi connectivity index (χ4n) is 2.91. The van der Waals surface area contributed by atoms with Gasteiger partial charge in [-0.05, 0) is 13.8 Å². The second-order valence-electron chi connectivity index (χ2n) is 5.83. The van der Waals surface area contributed by atoms with Crippen LogP contribution >= 0.6 is 11.6 Å². The maximum atomic E-state index is 12.3. The molecule has 0 radical (unpaired) electrons. The van der Waals surface area contributed by atoms with E-state index in [0.717, 1.165) is 13.1 Å². The molecule has 0 aliphatic carbocycles. The largest absolute Gasteiger partial charge is 0.495 e. The molecule has 1 unspecified atom stereocenters. The Balaban J connectivity index is 2.05. The van der Waals surface area contributed by atoms with Crippen molar-refractivity contribution in [1.82, 2.24) is 0 Å². The SMILES string of the molecule is COc1cc(NC(=O)C[NH+]2C[C@@H](C)O[C@@H](C)C2)c(OC)cc1Cl. The zero-order valence-corrected chi connectivity index (χ0v) is 14.7. The zero-order chi connectivity index (χ0) is 17.0. The predicted octanol–water partition coefficient (Wildman–Crippen LogP) is 0.988. The highest BCUT2D eigenvalue weighted by atomic mass is 35.5. The molecule has 3 atom stereocenters. The molecule has 23 heavy (non-hydrogen) atoms. The molecule has 1 aromatic carbocycles. The molecule has 0 aromatic heterocycles. The van der Waals surface area contributed by atoms with Crippen molar-refractivity contribution in [2.45, 2.75) is 26.1 Å². The van der Waals surface area contributed by atoms with Gasteiger partial charge in [0.1, 0.15) is 36.8 Å². The van der Waals surface area contributed by atoms with Gasteiger partial charge in [-0.25, -0.2) is 0 Å². The number of halogens is 1. The first-order valence-corrected chi connectivity index (χ1v) is 8.01. The van der Waals surface area contributed by atoms with Crippen LogP contribution in [-0.4, -0.2) is 52.0 Å². The molecule has 0 saturated carbocycles. The van der Waals surface area contributed by atoms with E-state index in [-0.39, 0.29) is 18.1 Å². The van der Waals surface area contributed by atoms with Gasteiger partial charge in [-0.1, -0.05) is 11.6 Å². The molecule has 2 N–H and O–H groups in total. The number of hydrogen-bond acceptors (Lipinski definition) is 4. The summed E-state index contributed by atoms with van der Waals surface area (Å²) in [5.74, 6) is 0.913. The monoisotopic (exact) mass is 343 g/mol. The first-order valence-electron chi connectivity index (χ1n) is 7.63. The number of anilines is 1. The lowest BCUT2D eigenvalue weighted by Crippen LogP contribution is -3.16. The molecular weight excluding hydrogens is 320 g/mol. The van der Waals surface area contributed by atoms with E-state index in [4.69, 9.17) is 25.8 Å². The Morgan fingerprint density at radius 2 is 1.87 bits per heavy atom. The molecule has 1 heterocycles. The Kier molecular flexibility index (Phi) is 6.10. The van der Waals surface area contributed by atoms with E-state index >= 15 is 0 Å². The number of quaternary nitrogens is 1. The number of carbonyl (C=O) groups excluding carboxylic acids is 1. The van der Waals surface area contributed by atoms with Gasteiger partial charge in [0, 0.05) is 12.1 Å². The summed E-state index contributed by atoms with van der Waals surface area (Å²) in [6, 6.07) is 3.29. The van der Waals surface area contributed by atoms with Gasteiger partial charge in [0.25, 0.3) is 5.91 Å². The Morgan fingerprint density at radius 3 is 2.43 bits per heavy atom. The van der Waals surface area contributed by atoms with Crippen LogP contribution in [-0.2, 0) is 9.53 Å². The molecule has 2 rings (SSSR count). The molecule has 7 heteroatoms. The van der Waals surface area contributed by atoms with Crippen LogP contribution in [0.25, 0.3) is 0 Å². The number of benzene rings is 1. The molecule has 1 fully saturated rings. The Bertz CT molecular complexity index is 557. The minimum Gasteiger partial charge on any atom is -0.495 e. The van der Waals surface area contributed by atoms with E-state index in [1.165, 1.54) is 19.1 Å². The Morgan fingerprint density at radius 1 is 1.26 bits per heavy atom.